The van der Waals surface area contributed by atoms with Gasteiger partial charge in [0.05, 0.1) is 0 Å². The monoisotopic (exact) mass is 291 g/mol. The number of rotatable bonds is 4. The summed E-state index contributed by atoms with van der Waals surface area (Å²) in [5.41, 5.74) is 6.14. The SMILES string of the molecule is CC(=C1CCC1)c1ccc(C(C)C)c(NC(=O)CCl)c1. The summed E-state index contributed by atoms with van der Waals surface area (Å²) in [4.78, 5) is 11.6. The van der Waals surface area contributed by atoms with Crippen LogP contribution >= 0.6 is 11.6 Å². The molecule has 2 rings (SSSR count). The van der Waals surface area contributed by atoms with E-state index in [4.69, 9.17) is 11.6 Å². The van der Waals surface area contributed by atoms with Gasteiger partial charge in [0, 0.05) is 5.69 Å². The number of alkyl halides is 1. The highest BCUT2D eigenvalue weighted by molar-refractivity contribution is 6.29. The average Bonchev–Trinajstić information content (AvgIpc) is 2.36. The number of benzene rings is 1. The van der Waals surface area contributed by atoms with Crippen LogP contribution in [-0.2, 0) is 4.79 Å². The first-order valence-electron chi connectivity index (χ1n) is 7.21. The lowest BCUT2D eigenvalue weighted by atomic mass is 9.85. The van der Waals surface area contributed by atoms with E-state index in [0.717, 1.165) is 11.3 Å². The van der Waals surface area contributed by atoms with Gasteiger partial charge in [0.15, 0.2) is 0 Å². The Morgan fingerprint density at radius 1 is 1.35 bits per heavy atom. The fourth-order valence-electron chi connectivity index (χ4n) is 2.52. The van der Waals surface area contributed by atoms with E-state index in [0.29, 0.717) is 5.92 Å². The number of allylic oxidation sites excluding steroid dienone is 2. The quantitative estimate of drug-likeness (QED) is 0.782. The zero-order chi connectivity index (χ0) is 14.7. The van der Waals surface area contributed by atoms with Crippen molar-refractivity contribution in [2.75, 3.05) is 11.2 Å². The average molecular weight is 292 g/mol. The number of carbonyl (C=O) groups excluding carboxylic acids is 1. The molecule has 0 saturated heterocycles. The van der Waals surface area contributed by atoms with Gasteiger partial charge in [-0.05, 0) is 54.9 Å². The minimum absolute atomic E-state index is 0.0121. The van der Waals surface area contributed by atoms with E-state index in [1.807, 2.05) is 0 Å². The highest BCUT2D eigenvalue weighted by atomic mass is 35.5. The molecule has 1 amide bonds. The highest BCUT2D eigenvalue weighted by Crippen LogP contribution is 2.35. The molecular weight excluding hydrogens is 270 g/mol. The summed E-state index contributed by atoms with van der Waals surface area (Å²) < 4.78 is 0. The first-order chi connectivity index (χ1) is 9.52. The molecule has 0 unspecified atom stereocenters. The summed E-state index contributed by atoms with van der Waals surface area (Å²) >= 11 is 5.60. The molecule has 3 heteroatoms. The molecule has 0 aliphatic heterocycles. The molecule has 0 heterocycles. The second kappa shape index (κ2) is 6.45. The Balaban J connectivity index is 2.37. The third-order valence-electron chi connectivity index (χ3n) is 3.99. The number of anilines is 1. The van der Waals surface area contributed by atoms with Crippen LogP contribution in [-0.4, -0.2) is 11.8 Å². The Bertz CT molecular complexity index is 540. The fourth-order valence-corrected chi connectivity index (χ4v) is 2.58. The van der Waals surface area contributed by atoms with Crippen molar-refractivity contribution in [1.82, 2.24) is 0 Å². The van der Waals surface area contributed by atoms with Gasteiger partial charge in [-0.3, -0.25) is 4.79 Å². The molecule has 1 aliphatic carbocycles. The largest absolute Gasteiger partial charge is 0.325 e. The number of amides is 1. The van der Waals surface area contributed by atoms with Crippen molar-refractivity contribution in [3.8, 4) is 0 Å². The molecule has 0 aromatic heterocycles. The molecule has 0 radical (unpaired) electrons. The van der Waals surface area contributed by atoms with Crippen LogP contribution in [0.15, 0.2) is 23.8 Å². The van der Waals surface area contributed by atoms with Crippen LogP contribution in [0.4, 0.5) is 5.69 Å². The van der Waals surface area contributed by atoms with E-state index < -0.39 is 0 Å². The predicted molar refractivity (Wildman–Crippen MR) is 86.3 cm³/mol. The Kier molecular flexibility index (Phi) is 4.87. The zero-order valence-electron chi connectivity index (χ0n) is 12.4. The Morgan fingerprint density at radius 3 is 2.55 bits per heavy atom. The van der Waals surface area contributed by atoms with Crippen molar-refractivity contribution in [3.63, 3.8) is 0 Å². The summed E-state index contributed by atoms with van der Waals surface area (Å²) in [5.74, 6) is 0.202. The fraction of sp³-hybridized carbons (Fsp3) is 0.471. The highest BCUT2D eigenvalue weighted by Gasteiger charge is 2.15. The van der Waals surface area contributed by atoms with Gasteiger partial charge in [0.25, 0.3) is 0 Å². The smallest absolute Gasteiger partial charge is 0.239 e. The van der Waals surface area contributed by atoms with E-state index >= 15 is 0 Å². The van der Waals surface area contributed by atoms with E-state index in [9.17, 15) is 4.79 Å². The van der Waals surface area contributed by atoms with Gasteiger partial charge in [-0.2, -0.15) is 0 Å². The van der Waals surface area contributed by atoms with Crippen LogP contribution in [0.5, 0.6) is 0 Å². The molecule has 1 aliphatic rings. The lowest BCUT2D eigenvalue weighted by Crippen LogP contribution is -2.14. The molecular formula is C17H22ClNO. The minimum atomic E-state index is -0.153. The number of carbonyl (C=O) groups is 1. The number of hydrogen-bond donors (Lipinski definition) is 1. The minimum Gasteiger partial charge on any atom is -0.325 e. The summed E-state index contributed by atoms with van der Waals surface area (Å²) in [7, 11) is 0. The van der Waals surface area contributed by atoms with Crippen LogP contribution in [0.1, 0.15) is 57.1 Å². The van der Waals surface area contributed by atoms with Crippen LogP contribution in [0.3, 0.4) is 0 Å². The molecule has 20 heavy (non-hydrogen) atoms. The van der Waals surface area contributed by atoms with Crippen molar-refractivity contribution < 1.29 is 4.79 Å². The van der Waals surface area contributed by atoms with Gasteiger partial charge < -0.3 is 5.32 Å². The maximum Gasteiger partial charge on any atom is 0.239 e. The van der Waals surface area contributed by atoms with Crippen LogP contribution in [0, 0.1) is 0 Å². The van der Waals surface area contributed by atoms with Crippen molar-refractivity contribution in [1.29, 1.82) is 0 Å². The molecule has 1 aromatic carbocycles. The molecule has 0 spiro atoms. The van der Waals surface area contributed by atoms with Crippen molar-refractivity contribution >= 4 is 28.8 Å². The maximum absolute atomic E-state index is 11.6. The second-order valence-corrected chi connectivity index (χ2v) is 5.99. The molecule has 1 fully saturated rings. The molecule has 1 saturated carbocycles. The standard InChI is InChI=1S/C17H22ClNO/c1-11(2)15-8-7-14(12(3)13-5-4-6-13)9-16(15)19-17(20)10-18/h7-9,11H,4-6,10H2,1-3H3,(H,19,20). The predicted octanol–water partition coefficient (Wildman–Crippen LogP) is 4.94. The maximum atomic E-state index is 11.6. The first kappa shape index (κ1) is 15.1. The van der Waals surface area contributed by atoms with E-state index in [1.165, 1.54) is 36.0 Å². The molecule has 1 aromatic rings. The molecule has 0 atom stereocenters. The van der Waals surface area contributed by atoms with Gasteiger partial charge in [0.2, 0.25) is 5.91 Å². The third-order valence-corrected chi connectivity index (χ3v) is 4.23. The number of halogens is 1. The molecule has 0 bridgehead atoms. The Hall–Kier alpha value is -1.28. The summed E-state index contributed by atoms with van der Waals surface area (Å²) in [6, 6.07) is 6.36. The van der Waals surface area contributed by atoms with E-state index in [-0.39, 0.29) is 11.8 Å². The topological polar surface area (TPSA) is 29.1 Å². The second-order valence-electron chi connectivity index (χ2n) is 5.72. The Labute approximate surface area is 126 Å². The number of hydrogen-bond acceptors (Lipinski definition) is 1. The van der Waals surface area contributed by atoms with Gasteiger partial charge in [0.1, 0.15) is 5.88 Å². The molecule has 108 valence electrons. The van der Waals surface area contributed by atoms with Gasteiger partial charge in [-0.25, -0.2) is 0 Å². The summed E-state index contributed by atoms with van der Waals surface area (Å²) in [6.45, 7) is 6.43. The lowest BCUT2D eigenvalue weighted by molar-refractivity contribution is -0.113. The van der Waals surface area contributed by atoms with E-state index in [1.54, 1.807) is 0 Å². The zero-order valence-corrected chi connectivity index (χ0v) is 13.2. The van der Waals surface area contributed by atoms with Crippen molar-refractivity contribution in [2.45, 2.75) is 46.0 Å². The van der Waals surface area contributed by atoms with Crippen LogP contribution < -0.4 is 5.32 Å². The van der Waals surface area contributed by atoms with Gasteiger partial charge in [-0.1, -0.05) is 31.6 Å². The normalized spacial score (nSPS) is 14.2. The summed E-state index contributed by atoms with van der Waals surface area (Å²) in [5, 5.41) is 2.92. The summed E-state index contributed by atoms with van der Waals surface area (Å²) in [6.07, 6.45) is 3.72. The first-order valence-corrected chi connectivity index (χ1v) is 7.75. The van der Waals surface area contributed by atoms with Gasteiger partial charge >= 0.3 is 0 Å². The van der Waals surface area contributed by atoms with Crippen molar-refractivity contribution in [3.05, 3.63) is 34.9 Å². The molecule has 1 N–H and O–H groups in total. The Morgan fingerprint density at radius 2 is 2.05 bits per heavy atom. The van der Waals surface area contributed by atoms with E-state index in [2.05, 4.69) is 44.3 Å². The van der Waals surface area contributed by atoms with Crippen LogP contribution in [0.25, 0.3) is 5.57 Å². The van der Waals surface area contributed by atoms with Crippen molar-refractivity contribution in [2.24, 2.45) is 0 Å². The number of nitrogens with one attached hydrogen (secondary N) is 1. The lowest BCUT2D eigenvalue weighted by Gasteiger charge is -2.22. The van der Waals surface area contributed by atoms with Gasteiger partial charge in [-0.15, -0.1) is 11.6 Å². The third kappa shape index (κ3) is 3.24. The molecule has 2 nitrogen and oxygen atoms in total. The van der Waals surface area contributed by atoms with Crippen LogP contribution in [0.2, 0.25) is 0 Å².